The number of ether oxygens (including phenoxy) is 1. The molecule has 0 radical (unpaired) electrons. The molecule has 1 N–H and O–H groups in total. The predicted octanol–water partition coefficient (Wildman–Crippen LogP) is 0.932. The first-order valence-electron chi connectivity index (χ1n) is 5.91. The Morgan fingerprint density at radius 1 is 1.32 bits per heavy atom. The quantitative estimate of drug-likeness (QED) is 0.872. The van der Waals surface area contributed by atoms with Crippen LogP contribution in [0.1, 0.15) is 16.8 Å². The molecule has 6 heteroatoms. The first-order valence-corrected chi connectivity index (χ1v) is 5.91. The van der Waals surface area contributed by atoms with Crippen LogP contribution in [-0.2, 0) is 14.4 Å². The molecule has 2 rings (SSSR count). The van der Waals surface area contributed by atoms with Crippen LogP contribution in [0.15, 0.2) is 30.3 Å². The van der Waals surface area contributed by atoms with Gasteiger partial charge in [0.1, 0.15) is 6.04 Å². The fraction of sp³-hybridized carbons (Fsp3) is 0.385. The van der Waals surface area contributed by atoms with Crippen LogP contribution in [0.2, 0.25) is 0 Å². The predicted molar refractivity (Wildman–Crippen MR) is 65.4 cm³/mol. The second-order valence-corrected chi connectivity index (χ2v) is 4.29. The minimum absolute atomic E-state index is 0.246. The third-order valence-corrected chi connectivity index (χ3v) is 3.05. The fourth-order valence-electron chi connectivity index (χ4n) is 2.00. The topological polar surface area (TPSA) is 76.1 Å². The highest BCUT2D eigenvalue weighted by molar-refractivity contribution is 5.89. The lowest BCUT2D eigenvalue weighted by molar-refractivity contribution is -0.163. The van der Waals surface area contributed by atoms with Gasteiger partial charge in [0.25, 0.3) is 0 Å². The van der Waals surface area contributed by atoms with Crippen LogP contribution in [-0.4, -0.2) is 47.9 Å². The zero-order valence-corrected chi connectivity index (χ0v) is 10.5. The standard InChI is InChI=1S/C13H15NO5/c1-18-10-7-11(12(15)16)14(8-10)19-13(17)9-5-3-2-4-6-9/h2-6,10-11H,7-8H2,1H3,(H,15,16)/t10-,11+/m1/s1. The zero-order chi connectivity index (χ0) is 13.8. The molecule has 0 amide bonds. The van der Waals surface area contributed by atoms with Crippen molar-refractivity contribution in [3.63, 3.8) is 0 Å². The molecule has 0 aliphatic carbocycles. The molecule has 1 heterocycles. The number of methoxy groups -OCH3 is 1. The van der Waals surface area contributed by atoms with Gasteiger partial charge in [0.05, 0.1) is 18.2 Å². The Morgan fingerprint density at radius 3 is 2.58 bits per heavy atom. The highest BCUT2D eigenvalue weighted by Crippen LogP contribution is 2.21. The summed E-state index contributed by atoms with van der Waals surface area (Å²) in [7, 11) is 1.51. The van der Waals surface area contributed by atoms with Crippen molar-refractivity contribution in [1.82, 2.24) is 5.06 Å². The molecule has 102 valence electrons. The molecular weight excluding hydrogens is 250 g/mol. The molecule has 0 aromatic heterocycles. The van der Waals surface area contributed by atoms with Crippen molar-refractivity contribution < 1.29 is 24.3 Å². The molecule has 1 fully saturated rings. The van der Waals surface area contributed by atoms with Gasteiger partial charge in [-0.2, -0.15) is 0 Å². The van der Waals surface area contributed by atoms with Gasteiger partial charge in [-0.3, -0.25) is 4.79 Å². The number of nitrogens with zero attached hydrogens (tertiary/aromatic N) is 1. The third-order valence-electron chi connectivity index (χ3n) is 3.05. The summed E-state index contributed by atoms with van der Waals surface area (Å²) in [6.45, 7) is 0.256. The summed E-state index contributed by atoms with van der Waals surface area (Å²) in [4.78, 5) is 28.1. The maximum absolute atomic E-state index is 11.9. The number of rotatable bonds is 4. The summed E-state index contributed by atoms with van der Waals surface area (Å²) >= 11 is 0. The van der Waals surface area contributed by atoms with Crippen molar-refractivity contribution in [2.45, 2.75) is 18.6 Å². The summed E-state index contributed by atoms with van der Waals surface area (Å²) in [5.41, 5.74) is 0.382. The normalized spacial score (nSPS) is 23.2. The highest BCUT2D eigenvalue weighted by Gasteiger charge is 2.39. The van der Waals surface area contributed by atoms with Crippen molar-refractivity contribution >= 4 is 11.9 Å². The van der Waals surface area contributed by atoms with Crippen LogP contribution >= 0.6 is 0 Å². The molecule has 1 aromatic rings. The van der Waals surface area contributed by atoms with Gasteiger partial charge < -0.3 is 14.7 Å². The number of hydroxylamine groups is 2. The lowest BCUT2D eigenvalue weighted by atomic mass is 10.2. The van der Waals surface area contributed by atoms with Crippen LogP contribution in [0.25, 0.3) is 0 Å². The van der Waals surface area contributed by atoms with Gasteiger partial charge in [-0.25, -0.2) is 4.79 Å². The van der Waals surface area contributed by atoms with Crippen molar-refractivity contribution in [3.05, 3.63) is 35.9 Å². The molecular formula is C13H15NO5. The number of hydrogen-bond acceptors (Lipinski definition) is 5. The van der Waals surface area contributed by atoms with E-state index in [1.165, 1.54) is 12.2 Å². The van der Waals surface area contributed by atoms with E-state index in [0.717, 1.165) is 0 Å². The molecule has 0 unspecified atom stereocenters. The second-order valence-electron chi connectivity index (χ2n) is 4.29. The van der Waals surface area contributed by atoms with E-state index >= 15 is 0 Å². The minimum Gasteiger partial charge on any atom is -0.480 e. The maximum Gasteiger partial charge on any atom is 0.357 e. The Hall–Kier alpha value is -1.92. The summed E-state index contributed by atoms with van der Waals surface area (Å²) < 4.78 is 5.11. The average Bonchev–Trinajstić information content (AvgIpc) is 2.83. The Morgan fingerprint density at radius 2 is 2.00 bits per heavy atom. The van der Waals surface area contributed by atoms with E-state index in [9.17, 15) is 9.59 Å². The smallest absolute Gasteiger partial charge is 0.357 e. The van der Waals surface area contributed by atoms with Crippen LogP contribution in [0.5, 0.6) is 0 Å². The molecule has 1 saturated heterocycles. The Bertz CT molecular complexity index is 461. The van der Waals surface area contributed by atoms with Crippen LogP contribution in [0.4, 0.5) is 0 Å². The number of carboxylic acid groups (broad SMARTS) is 1. The SMILES string of the molecule is CO[C@@H]1C[C@@H](C(=O)O)N(OC(=O)c2ccccc2)C1. The van der Waals surface area contributed by atoms with Gasteiger partial charge in [0.15, 0.2) is 0 Å². The maximum atomic E-state index is 11.9. The van der Waals surface area contributed by atoms with Crippen LogP contribution in [0.3, 0.4) is 0 Å². The lowest BCUT2D eigenvalue weighted by Gasteiger charge is -2.19. The Kier molecular flexibility index (Phi) is 4.13. The number of benzene rings is 1. The van der Waals surface area contributed by atoms with Gasteiger partial charge in [-0.1, -0.05) is 18.2 Å². The van der Waals surface area contributed by atoms with Crippen molar-refractivity contribution in [2.24, 2.45) is 0 Å². The van der Waals surface area contributed by atoms with E-state index in [-0.39, 0.29) is 12.6 Å². The van der Waals surface area contributed by atoms with E-state index in [2.05, 4.69) is 0 Å². The molecule has 1 aliphatic heterocycles. The Balaban J connectivity index is 2.05. The molecule has 19 heavy (non-hydrogen) atoms. The molecule has 1 aromatic carbocycles. The van der Waals surface area contributed by atoms with Crippen LogP contribution < -0.4 is 0 Å². The van der Waals surface area contributed by atoms with Gasteiger partial charge >= 0.3 is 11.9 Å². The van der Waals surface area contributed by atoms with Crippen molar-refractivity contribution in [3.8, 4) is 0 Å². The third kappa shape index (κ3) is 3.10. The molecule has 0 spiro atoms. The van der Waals surface area contributed by atoms with Gasteiger partial charge in [-0.05, 0) is 12.1 Å². The van der Waals surface area contributed by atoms with Crippen molar-refractivity contribution in [1.29, 1.82) is 0 Å². The van der Waals surface area contributed by atoms with E-state index in [0.29, 0.717) is 12.0 Å². The Labute approximate surface area is 110 Å². The summed E-state index contributed by atoms with van der Waals surface area (Å²) in [5.74, 6) is -1.59. The largest absolute Gasteiger partial charge is 0.480 e. The molecule has 6 nitrogen and oxygen atoms in total. The lowest BCUT2D eigenvalue weighted by Crippen LogP contribution is -2.37. The first kappa shape index (κ1) is 13.5. The first-order chi connectivity index (χ1) is 9.11. The second kappa shape index (κ2) is 5.81. The summed E-state index contributed by atoms with van der Waals surface area (Å²) in [5, 5.41) is 10.3. The summed E-state index contributed by atoms with van der Waals surface area (Å²) in [6, 6.07) is 7.58. The number of aliphatic carboxylic acids is 1. The van der Waals surface area contributed by atoms with E-state index in [1.54, 1.807) is 30.3 Å². The number of carbonyl (C=O) groups excluding carboxylic acids is 1. The summed E-state index contributed by atoms with van der Waals surface area (Å²) in [6.07, 6.45) is 0.0538. The number of carboxylic acids is 1. The number of carbonyl (C=O) groups is 2. The molecule has 2 atom stereocenters. The molecule has 0 saturated carbocycles. The molecule has 1 aliphatic rings. The van der Waals surface area contributed by atoms with Crippen LogP contribution in [0, 0.1) is 0 Å². The minimum atomic E-state index is -1.03. The molecule has 0 bridgehead atoms. The van der Waals surface area contributed by atoms with Crippen molar-refractivity contribution in [2.75, 3.05) is 13.7 Å². The highest BCUT2D eigenvalue weighted by atomic mass is 16.7. The van der Waals surface area contributed by atoms with Gasteiger partial charge in [0.2, 0.25) is 0 Å². The van der Waals surface area contributed by atoms with E-state index in [1.807, 2.05) is 0 Å². The van der Waals surface area contributed by atoms with Gasteiger partial charge in [0, 0.05) is 13.5 Å². The van der Waals surface area contributed by atoms with Gasteiger partial charge in [-0.15, -0.1) is 5.06 Å². The zero-order valence-electron chi connectivity index (χ0n) is 10.5. The monoisotopic (exact) mass is 265 g/mol. The average molecular weight is 265 g/mol. The van der Waals surface area contributed by atoms with E-state index < -0.39 is 18.0 Å². The van der Waals surface area contributed by atoms with E-state index in [4.69, 9.17) is 14.7 Å². The number of hydrogen-bond donors (Lipinski definition) is 1. The fourth-order valence-corrected chi connectivity index (χ4v) is 2.00.